The number of hydrogen-bond donors (Lipinski definition) is 1. The lowest BCUT2D eigenvalue weighted by Gasteiger charge is -2.24. The van der Waals surface area contributed by atoms with Crippen molar-refractivity contribution in [3.05, 3.63) is 64.2 Å². The minimum Gasteiger partial charge on any atom is -0.382 e. The molecule has 1 aliphatic heterocycles. The first kappa shape index (κ1) is 14.2. The zero-order valence-corrected chi connectivity index (χ0v) is 13.4. The Morgan fingerprint density at radius 2 is 1.67 bits per heavy atom. The van der Waals surface area contributed by atoms with Crippen LogP contribution in [0, 0.1) is 13.8 Å². The second-order valence-corrected chi connectivity index (χ2v) is 6.57. The maximum absolute atomic E-state index is 3.58. The highest BCUT2D eigenvalue weighted by molar-refractivity contribution is 5.55. The molecule has 2 aromatic carbocycles. The summed E-state index contributed by atoms with van der Waals surface area (Å²) in [5.74, 6) is 0. The van der Waals surface area contributed by atoms with Crippen LogP contribution in [0.2, 0.25) is 0 Å². The number of hydrogen-bond acceptors (Lipinski definition) is 1. The molecule has 0 fully saturated rings. The number of fused-ring (bicyclic) bond motifs is 1. The minimum absolute atomic E-state index is 0.610. The molecular weight excluding hydrogens is 254 g/mol. The maximum atomic E-state index is 3.58. The molecule has 1 unspecified atom stereocenters. The Morgan fingerprint density at radius 1 is 0.952 bits per heavy atom. The van der Waals surface area contributed by atoms with Gasteiger partial charge >= 0.3 is 0 Å². The molecule has 1 heteroatoms. The molecule has 0 saturated heterocycles. The summed E-state index contributed by atoms with van der Waals surface area (Å²) in [6.45, 7) is 6.63. The third-order valence-electron chi connectivity index (χ3n) is 4.40. The van der Waals surface area contributed by atoms with E-state index in [0.29, 0.717) is 6.04 Å². The standard InChI is InChI=1S/C20H25N/c1-14-10-15(2)12-18(11-14)6-5-17-7-9-20-19(13-17)8-4-16(3)21-20/h7,9-13,16,21H,4-6,8H2,1-3H3. The molecule has 3 rings (SSSR count). The molecule has 1 heterocycles. The molecule has 0 aromatic heterocycles. The summed E-state index contributed by atoms with van der Waals surface area (Å²) in [6.07, 6.45) is 4.71. The van der Waals surface area contributed by atoms with Crippen molar-refractivity contribution in [1.29, 1.82) is 0 Å². The second-order valence-electron chi connectivity index (χ2n) is 6.57. The molecule has 0 radical (unpaired) electrons. The number of nitrogens with one attached hydrogen (secondary N) is 1. The normalized spacial score (nSPS) is 17.2. The van der Waals surface area contributed by atoms with Crippen LogP contribution in [0.4, 0.5) is 5.69 Å². The third kappa shape index (κ3) is 3.47. The van der Waals surface area contributed by atoms with Crippen molar-refractivity contribution in [2.24, 2.45) is 0 Å². The summed E-state index contributed by atoms with van der Waals surface area (Å²) in [5.41, 5.74) is 8.48. The maximum Gasteiger partial charge on any atom is 0.0374 e. The van der Waals surface area contributed by atoms with E-state index in [1.165, 1.54) is 46.3 Å². The van der Waals surface area contributed by atoms with E-state index < -0.39 is 0 Å². The van der Waals surface area contributed by atoms with Gasteiger partial charge < -0.3 is 5.32 Å². The Kier molecular flexibility index (Phi) is 4.01. The van der Waals surface area contributed by atoms with Crippen LogP contribution < -0.4 is 5.32 Å². The summed E-state index contributed by atoms with van der Waals surface area (Å²) in [7, 11) is 0. The van der Waals surface area contributed by atoms with Gasteiger partial charge in [-0.3, -0.25) is 0 Å². The molecule has 110 valence electrons. The van der Waals surface area contributed by atoms with Crippen LogP contribution in [0.15, 0.2) is 36.4 Å². The molecule has 0 spiro atoms. The van der Waals surface area contributed by atoms with E-state index in [4.69, 9.17) is 0 Å². The van der Waals surface area contributed by atoms with E-state index in [2.05, 4.69) is 62.5 Å². The van der Waals surface area contributed by atoms with Crippen molar-refractivity contribution in [2.45, 2.75) is 52.5 Å². The molecule has 1 nitrogen and oxygen atoms in total. The summed E-state index contributed by atoms with van der Waals surface area (Å²) in [6, 6.07) is 14.4. The van der Waals surface area contributed by atoms with Crippen LogP contribution in [0.1, 0.15) is 41.2 Å². The van der Waals surface area contributed by atoms with Crippen LogP contribution in [0.3, 0.4) is 0 Å². The van der Waals surface area contributed by atoms with Crippen LogP contribution in [-0.2, 0) is 19.3 Å². The molecule has 1 atom stereocenters. The van der Waals surface area contributed by atoms with Gasteiger partial charge in [0.25, 0.3) is 0 Å². The number of aryl methyl sites for hydroxylation is 5. The number of rotatable bonds is 3. The molecule has 0 bridgehead atoms. The van der Waals surface area contributed by atoms with E-state index in [0.717, 1.165) is 12.8 Å². The predicted octanol–water partition coefficient (Wildman–Crippen LogP) is 4.84. The van der Waals surface area contributed by atoms with E-state index in [1.807, 2.05) is 0 Å². The molecule has 0 aliphatic carbocycles. The molecule has 2 aromatic rings. The minimum atomic E-state index is 0.610. The Morgan fingerprint density at radius 3 is 2.43 bits per heavy atom. The van der Waals surface area contributed by atoms with E-state index in [-0.39, 0.29) is 0 Å². The van der Waals surface area contributed by atoms with Gasteiger partial charge in [-0.05, 0) is 69.2 Å². The van der Waals surface area contributed by atoms with Crippen molar-refractivity contribution in [3.8, 4) is 0 Å². The summed E-state index contributed by atoms with van der Waals surface area (Å²) < 4.78 is 0. The van der Waals surface area contributed by atoms with E-state index in [1.54, 1.807) is 0 Å². The summed E-state index contributed by atoms with van der Waals surface area (Å²) >= 11 is 0. The van der Waals surface area contributed by atoms with Gasteiger partial charge in [0, 0.05) is 11.7 Å². The summed E-state index contributed by atoms with van der Waals surface area (Å²) in [5, 5.41) is 3.58. The molecule has 1 aliphatic rings. The van der Waals surface area contributed by atoms with Crippen molar-refractivity contribution in [2.75, 3.05) is 5.32 Å². The Hall–Kier alpha value is -1.76. The second kappa shape index (κ2) is 5.93. The Balaban J connectivity index is 1.71. The van der Waals surface area contributed by atoms with Crippen LogP contribution in [-0.4, -0.2) is 6.04 Å². The lowest BCUT2D eigenvalue weighted by molar-refractivity contribution is 0.680. The van der Waals surface area contributed by atoms with Crippen molar-refractivity contribution >= 4 is 5.69 Å². The van der Waals surface area contributed by atoms with Crippen molar-refractivity contribution < 1.29 is 0 Å². The van der Waals surface area contributed by atoms with Crippen LogP contribution >= 0.6 is 0 Å². The highest BCUT2D eigenvalue weighted by Crippen LogP contribution is 2.26. The van der Waals surface area contributed by atoms with Gasteiger partial charge in [0.15, 0.2) is 0 Å². The summed E-state index contributed by atoms with van der Waals surface area (Å²) in [4.78, 5) is 0. The van der Waals surface area contributed by atoms with E-state index >= 15 is 0 Å². The van der Waals surface area contributed by atoms with Crippen molar-refractivity contribution in [3.63, 3.8) is 0 Å². The van der Waals surface area contributed by atoms with Crippen molar-refractivity contribution in [1.82, 2.24) is 0 Å². The first-order valence-electron chi connectivity index (χ1n) is 8.06. The fourth-order valence-electron chi connectivity index (χ4n) is 3.36. The molecule has 21 heavy (non-hydrogen) atoms. The van der Waals surface area contributed by atoms with E-state index in [9.17, 15) is 0 Å². The SMILES string of the molecule is Cc1cc(C)cc(CCc2ccc3c(c2)CCC(C)N3)c1. The molecule has 0 amide bonds. The highest BCUT2D eigenvalue weighted by atomic mass is 14.9. The zero-order valence-electron chi connectivity index (χ0n) is 13.4. The fourth-order valence-corrected chi connectivity index (χ4v) is 3.36. The van der Waals surface area contributed by atoms with Gasteiger partial charge in [0.05, 0.1) is 0 Å². The zero-order chi connectivity index (χ0) is 14.8. The van der Waals surface area contributed by atoms with Crippen LogP contribution in [0.25, 0.3) is 0 Å². The Labute approximate surface area is 128 Å². The first-order valence-corrected chi connectivity index (χ1v) is 8.06. The van der Waals surface area contributed by atoms with Gasteiger partial charge in [-0.1, -0.05) is 41.5 Å². The average Bonchev–Trinajstić information content (AvgIpc) is 2.44. The van der Waals surface area contributed by atoms with Gasteiger partial charge in [-0.15, -0.1) is 0 Å². The van der Waals surface area contributed by atoms with Crippen LogP contribution in [0.5, 0.6) is 0 Å². The van der Waals surface area contributed by atoms with Gasteiger partial charge in [-0.2, -0.15) is 0 Å². The first-order chi connectivity index (χ1) is 10.1. The third-order valence-corrected chi connectivity index (χ3v) is 4.40. The fraction of sp³-hybridized carbons (Fsp3) is 0.400. The quantitative estimate of drug-likeness (QED) is 0.848. The largest absolute Gasteiger partial charge is 0.382 e. The highest BCUT2D eigenvalue weighted by Gasteiger charge is 2.13. The number of anilines is 1. The van der Waals surface area contributed by atoms with Gasteiger partial charge in [0.1, 0.15) is 0 Å². The Bertz CT molecular complexity index is 622. The molecule has 1 N–H and O–H groups in total. The topological polar surface area (TPSA) is 12.0 Å². The van der Waals surface area contributed by atoms with Gasteiger partial charge in [-0.25, -0.2) is 0 Å². The monoisotopic (exact) mass is 279 g/mol. The number of benzene rings is 2. The van der Waals surface area contributed by atoms with Gasteiger partial charge in [0.2, 0.25) is 0 Å². The lowest BCUT2D eigenvalue weighted by atomic mass is 9.94. The smallest absolute Gasteiger partial charge is 0.0374 e. The molecular formula is C20H25N. The lowest BCUT2D eigenvalue weighted by Crippen LogP contribution is -2.21. The average molecular weight is 279 g/mol. The predicted molar refractivity (Wildman–Crippen MR) is 91.2 cm³/mol. The molecule has 0 saturated carbocycles.